The maximum Gasteiger partial charge on any atom is 0.320 e. The lowest BCUT2D eigenvalue weighted by molar-refractivity contribution is 0.0960. The second kappa shape index (κ2) is 5.53. The topological polar surface area (TPSA) is 36.0 Å². The molecule has 5 heteroatoms. The molecule has 2 amide bonds. The van der Waals surface area contributed by atoms with Crippen molar-refractivity contribution in [2.45, 2.75) is 19.3 Å². The summed E-state index contributed by atoms with van der Waals surface area (Å²) in [6.07, 6.45) is 3.46. The summed E-state index contributed by atoms with van der Waals surface area (Å²) < 4.78 is 5.42. The van der Waals surface area contributed by atoms with Crippen molar-refractivity contribution in [3.63, 3.8) is 0 Å². The van der Waals surface area contributed by atoms with Gasteiger partial charge in [-0.05, 0) is 26.3 Å². The van der Waals surface area contributed by atoms with Crippen molar-refractivity contribution in [2.24, 2.45) is 11.3 Å². The van der Waals surface area contributed by atoms with Gasteiger partial charge in [-0.2, -0.15) is 0 Å². The minimum absolute atomic E-state index is 0.264. The number of rotatable bonds is 2. The number of carbonyl (C=O) groups excluding carboxylic acids is 1. The zero-order valence-electron chi connectivity index (χ0n) is 12.8. The van der Waals surface area contributed by atoms with Crippen LogP contribution in [0.4, 0.5) is 4.79 Å². The van der Waals surface area contributed by atoms with Gasteiger partial charge in [0.1, 0.15) is 0 Å². The van der Waals surface area contributed by atoms with E-state index in [9.17, 15) is 4.79 Å². The lowest BCUT2D eigenvalue weighted by Crippen LogP contribution is -2.43. The summed E-state index contributed by atoms with van der Waals surface area (Å²) in [6, 6.07) is 0.269. The second-order valence-electron chi connectivity index (χ2n) is 6.86. The van der Waals surface area contributed by atoms with Crippen LogP contribution in [-0.2, 0) is 4.74 Å². The van der Waals surface area contributed by atoms with Gasteiger partial charge in [-0.1, -0.05) is 0 Å². The highest BCUT2D eigenvalue weighted by atomic mass is 16.5. The summed E-state index contributed by atoms with van der Waals surface area (Å²) >= 11 is 0. The zero-order chi connectivity index (χ0) is 14.2. The third-order valence-electron chi connectivity index (χ3n) is 5.38. The zero-order valence-corrected chi connectivity index (χ0v) is 12.8. The standard InChI is InChI=1S/C15H27N3O2/c1-16-9-13(10-20-2)15(11-16)5-8-18(12-15)14(19)17-6-3-4-7-17/h13H,3-12H2,1-2H3/t13-,15-/m0/s1. The van der Waals surface area contributed by atoms with Crippen molar-refractivity contribution in [1.82, 2.24) is 14.7 Å². The van der Waals surface area contributed by atoms with Gasteiger partial charge in [-0.3, -0.25) is 0 Å². The Bertz CT molecular complexity index is 370. The lowest BCUT2D eigenvalue weighted by Gasteiger charge is -2.31. The van der Waals surface area contributed by atoms with Crippen LogP contribution < -0.4 is 0 Å². The Morgan fingerprint density at radius 2 is 1.95 bits per heavy atom. The van der Waals surface area contributed by atoms with E-state index in [4.69, 9.17) is 4.74 Å². The number of hydrogen-bond donors (Lipinski definition) is 0. The number of carbonyl (C=O) groups is 1. The van der Waals surface area contributed by atoms with Crippen LogP contribution in [-0.4, -0.2) is 80.8 Å². The Kier molecular flexibility index (Phi) is 3.91. The van der Waals surface area contributed by atoms with Crippen molar-refractivity contribution in [3.8, 4) is 0 Å². The predicted octanol–water partition coefficient (Wildman–Crippen LogP) is 1.10. The van der Waals surface area contributed by atoms with Crippen LogP contribution in [0.5, 0.6) is 0 Å². The van der Waals surface area contributed by atoms with Crippen LogP contribution in [0.15, 0.2) is 0 Å². The van der Waals surface area contributed by atoms with Crippen molar-refractivity contribution in [1.29, 1.82) is 0 Å². The number of likely N-dealkylation sites (tertiary alicyclic amines) is 3. The molecule has 114 valence electrons. The summed E-state index contributed by atoms with van der Waals surface area (Å²) in [5.74, 6) is 0.564. The molecule has 0 aromatic heterocycles. The van der Waals surface area contributed by atoms with Gasteiger partial charge in [-0.25, -0.2) is 4.79 Å². The lowest BCUT2D eigenvalue weighted by atomic mass is 9.78. The van der Waals surface area contributed by atoms with Crippen molar-refractivity contribution in [2.75, 3.05) is 60.0 Å². The first kappa shape index (κ1) is 14.1. The van der Waals surface area contributed by atoms with Crippen LogP contribution in [0.2, 0.25) is 0 Å². The number of nitrogens with zero attached hydrogens (tertiary/aromatic N) is 3. The Balaban J connectivity index is 1.66. The average molecular weight is 281 g/mol. The third kappa shape index (κ3) is 2.42. The first-order valence-corrected chi connectivity index (χ1v) is 7.86. The normalized spacial score (nSPS) is 34.6. The van der Waals surface area contributed by atoms with E-state index in [1.54, 1.807) is 7.11 Å². The first-order chi connectivity index (χ1) is 9.64. The van der Waals surface area contributed by atoms with Gasteiger partial charge in [0.25, 0.3) is 0 Å². The predicted molar refractivity (Wildman–Crippen MR) is 77.7 cm³/mol. The number of amides is 2. The molecule has 0 aromatic carbocycles. The van der Waals surface area contributed by atoms with Gasteiger partial charge in [0.2, 0.25) is 0 Å². The van der Waals surface area contributed by atoms with E-state index < -0.39 is 0 Å². The molecule has 1 spiro atoms. The number of methoxy groups -OCH3 is 1. The molecule has 3 saturated heterocycles. The molecule has 3 aliphatic rings. The molecule has 20 heavy (non-hydrogen) atoms. The van der Waals surface area contributed by atoms with Gasteiger partial charge in [0.15, 0.2) is 0 Å². The number of hydrogen-bond acceptors (Lipinski definition) is 3. The van der Waals surface area contributed by atoms with E-state index in [2.05, 4.69) is 16.8 Å². The van der Waals surface area contributed by atoms with Gasteiger partial charge in [0.05, 0.1) is 6.61 Å². The van der Waals surface area contributed by atoms with E-state index in [0.717, 1.165) is 52.3 Å². The van der Waals surface area contributed by atoms with Crippen molar-refractivity contribution < 1.29 is 9.53 Å². The molecule has 0 aliphatic carbocycles. The highest BCUT2D eigenvalue weighted by molar-refractivity contribution is 5.75. The Labute approximate surface area is 121 Å². The van der Waals surface area contributed by atoms with E-state index >= 15 is 0 Å². The molecule has 0 radical (unpaired) electrons. The molecular weight excluding hydrogens is 254 g/mol. The van der Waals surface area contributed by atoms with Gasteiger partial charge < -0.3 is 19.4 Å². The largest absolute Gasteiger partial charge is 0.384 e. The van der Waals surface area contributed by atoms with Gasteiger partial charge >= 0.3 is 6.03 Å². The molecule has 2 atom stereocenters. The van der Waals surface area contributed by atoms with Crippen LogP contribution in [0.25, 0.3) is 0 Å². The molecule has 0 bridgehead atoms. The van der Waals surface area contributed by atoms with E-state index in [0.29, 0.717) is 5.92 Å². The molecular formula is C15H27N3O2. The SMILES string of the molecule is COC[C@@H]1CN(C)C[C@]12CCN(C(=O)N1CCCC1)C2. The summed E-state index contributed by atoms with van der Waals surface area (Å²) in [6.45, 7) is 6.75. The van der Waals surface area contributed by atoms with Crippen LogP contribution in [0.1, 0.15) is 19.3 Å². The minimum atomic E-state index is 0.264. The molecule has 0 saturated carbocycles. The number of ether oxygens (including phenoxy) is 1. The second-order valence-corrected chi connectivity index (χ2v) is 6.86. The van der Waals surface area contributed by atoms with E-state index in [1.165, 1.54) is 12.8 Å². The van der Waals surface area contributed by atoms with Crippen molar-refractivity contribution in [3.05, 3.63) is 0 Å². The Morgan fingerprint density at radius 3 is 2.65 bits per heavy atom. The molecule has 3 rings (SSSR count). The maximum absolute atomic E-state index is 12.5. The van der Waals surface area contributed by atoms with E-state index in [1.807, 2.05) is 4.90 Å². The molecule has 3 heterocycles. The Hall–Kier alpha value is -0.810. The molecule has 3 fully saturated rings. The summed E-state index contributed by atoms with van der Waals surface area (Å²) in [4.78, 5) is 19.1. The molecule has 0 aromatic rings. The fourth-order valence-electron chi connectivity index (χ4n) is 4.36. The molecule has 0 unspecified atom stereocenters. The van der Waals surface area contributed by atoms with Crippen LogP contribution >= 0.6 is 0 Å². The van der Waals surface area contributed by atoms with Crippen LogP contribution in [0.3, 0.4) is 0 Å². The van der Waals surface area contributed by atoms with Crippen LogP contribution in [0, 0.1) is 11.3 Å². The average Bonchev–Trinajstić information content (AvgIpc) is 3.12. The van der Waals surface area contributed by atoms with Gasteiger partial charge in [0, 0.05) is 57.7 Å². The molecule has 3 aliphatic heterocycles. The molecule has 5 nitrogen and oxygen atoms in total. The fraction of sp³-hybridized carbons (Fsp3) is 0.933. The third-order valence-corrected chi connectivity index (χ3v) is 5.38. The minimum Gasteiger partial charge on any atom is -0.384 e. The Morgan fingerprint density at radius 1 is 1.20 bits per heavy atom. The summed E-state index contributed by atoms with van der Waals surface area (Å²) in [5.41, 5.74) is 0.264. The summed E-state index contributed by atoms with van der Waals surface area (Å²) in [7, 11) is 3.97. The highest BCUT2D eigenvalue weighted by Crippen LogP contribution is 2.43. The maximum atomic E-state index is 12.5. The highest BCUT2D eigenvalue weighted by Gasteiger charge is 2.50. The van der Waals surface area contributed by atoms with E-state index in [-0.39, 0.29) is 11.4 Å². The monoisotopic (exact) mass is 281 g/mol. The number of urea groups is 1. The summed E-state index contributed by atoms with van der Waals surface area (Å²) in [5, 5.41) is 0. The quantitative estimate of drug-likeness (QED) is 0.760. The fourth-order valence-corrected chi connectivity index (χ4v) is 4.36. The molecule has 0 N–H and O–H groups in total. The van der Waals surface area contributed by atoms with Crippen molar-refractivity contribution >= 4 is 6.03 Å². The first-order valence-electron chi connectivity index (χ1n) is 7.86. The van der Waals surface area contributed by atoms with Gasteiger partial charge in [-0.15, -0.1) is 0 Å². The smallest absolute Gasteiger partial charge is 0.320 e.